The first-order valence-corrected chi connectivity index (χ1v) is 3.55. The van der Waals surface area contributed by atoms with E-state index in [0.717, 1.165) is 0 Å². The van der Waals surface area contributed by atoms with E-state index in [4.69, 9.17) is 16.9 Å². The van der Waals surface area contributed by atoms with Gasteiger partial charge in [-0.05, 0) is 0 Å². The van der Waals surface area contributed by atoms with E-state index in [1.54, 1.807) is 0 Å². The summed E-state index contributed by atoms with van der Waals surface area (Å²) in [6.45, 7) is 0.905. The van der Waals surface area contributed by atoms with Gasteiger partial charge in [0.1, 0.15) is 0 Å². The van der Waals surface area contributed by atoms with Crippen molar-refractivity contribution in [3.63, 3.8) is 0 Å². The van der Waals surface area contributed by atoms with Crippen LogP contribution in [0.2, 0.25) is 0 Å². The van der Waals surface area contributed by atoms with Crippen LogP contribution in [0.1, 0.15) is 6.42 Å². The summed E-state index contributed by atoms with van der Waals surface area (Å²) < 4.78 is 5.02. The van der Waals surface area contributed by atoms with Crippen molar-refractivity contribution in [1.82, 2.24) is 0 Å². The Morgan fingerprint density at radius 1 is 1.73 bits per heavy atom. The van der Waals surface area contributed by atoms with E-state index >= 15 is 0 Å². The Labute approximate surface area is 65.9 Å². The van der Waals surface area contributed by atoms with Gasteiger partial charge in [0.25, 0.3) is 0 Å². The molecule has 0 spiro atoms. The van der Waals surface area contributed by atoms with Gasteiger partial charge in [-0.15, -0.1) is 6.42 Å². The zero-order chi connectivity index (χ0) is 8.27. The van der Waals surface area contributed by atoms with Crippen molar-refractivity contribution in [1.29, 1.82) is 0 Å². The maximum atomic E-state index is 11.2. The van der Waals surface area contributed by atoms with E-state index in [9.17, 15) is 4.79 Å². The molecule has 3 heteroatoms. The minimum absolute atomic E-state index is 0.0255. The molecule has 2 atom stereocenters. The molecule has 0 bridgehead atoms. The van der Waals surface area contributed by atoms with Crippen LogP contribution in [0.15, 0.2) is 0 Å². The fourth-order valence-electron chi connectivity index (χ4n) is 1.13. The molecule has 0 saturated carbocycles. The summed E-state index contributed by atoms with van der Waals surface area (Å²) in [5.41, 5.74) is 5.60. The van der Waals surface area contributed by atoms with Crippen molar-refractivity contribution >= 4 is 5.78 Å². The number of nitrogens with two attached hydrogens (primary N) is 1. The summed E-state index contributed by atoms with van der Waals surface area (Å²) >= 11 is 0. The Balaban J connectivity index is 2.47. The Kier molecular flexibility index (Phi) is 2.64. The average molecular weight is 153 g/mol. The highest BCUT2D eigenvalue weighted by molar-refractivity contribution is 5.84. The first kappa shape index (κ1) is 8.25. The largest absolute Gasteiger partial charge is 0.379 e. The van der Waals surface area contributed by atoms with Crippen LogP contribution in [0, 0.1) is 18.3 Å². The highest BCUT2D eigenvalue weighted by Gasteiger charge is 2.30. The number of ether oxygens (including phenoxy) is 1. The van der Waals surface area contributed by atoms with Gasteiger partial charge in [0.05, 0.1) is 25.6 Å². The van der Waals surface area contributed by atoms with Gasteiger partial charge in [0.2, 0.25) is 0 Å². The molecule has 1 fully saturated rings. The van der Waals surface area contributed by atoms with Gasteiger partial charge in [0.15, 0.2) is 5.78 Å². The van der Waals surface area contributed by atoms with Crippen molar-refractivity contribution in [3.05, 3.63) is 0 Å². The van der Waals surface area contributed by atoms with Crippen LogP contribution in [-0.2, 0) is 9.53 Å². The second-order valence-corrected chi connectivity index (χ2v) is 2.66. The molecular weight excluding hydrogens is 142 g/mol. The van der Waals surface area contributed by atoms with E-state index in [1.807, 2.05) is 0 Å². The van der Waals surface area contributed by atoms with E-state index in [0.29, 0.717) is 13.2 Å². The zero-order valence-electron chi connectivity index (χ0n) is 6.25. The highest BCUT2D eigenvalue weighted by Crippen LogP contribution is 2.13. The number of carbonyl (C=O) groups excluding carboxylic acids is 1. The van der Waals surface area contributed by atoms with Crippen molar-refractivity contribution < 1.29 is 9.53 Å². The van der Waals surface area contributed by atoms with E-state index in [-0.39, 0.29) is 24.2 Å². The second-order valence-electron chi connectivity index (χ2n) is 2.66. The van der Waals surface area contributed by atoms with Crippen LogP contribution in [0.5, 0.6) is 0 Å². The Morgan fingerprint density at radius 2 is 2.45 bits per heavy atom. The fraction of sp³-hybridized carbons (Fsp3) is 0.625. The van der Waals surface area contributed by atoms with Gasteiger partial charge in [-0.25, -0.2) is 0 Å². The molecule has 1 saturated heterocycles. The smallest absolute Gasteiger partial charge is 0.151 e. The van der Waals surface area contributed by atoms with Crippen LogP contribution in [-0.4, -0.2) is 25.0 Å². The Morgan fingerprint density at radius 3 is 2.91 bits per heavy atom. The predicted molar refractivity (Wildman–Crippen MR) is 40.7 cm³/mol. The predicted octanol–water partition coefficient (Wildman–Crippen LogP) is -0.447. The lowest BCUT2D eigenvalue weighted by Crippen LogP contribution is -2.33. The second kappa shape index (κ2) is 3.51. The molecule has 0 aromatic heterocycles. The van der Waals surface area contributed by atoms with Gasteiger partial charge in [0, 0.05) is 6.04 Å². The van der Waals surface area contributed by atoms with Gasteiger partial charge in [-0.2, -0.15) is 0 Å². The fourth-order valence-corrected chi connectivity index (χ4v) is 1.13. The SMILES string of the molecule is C#CCC(=O)C1COCC1N. The van der Waals surface area contributed by atoms with Crippen LogP contribution < -0.4 is 5.73 Å². The quantitative estimate of drug-likeness (QED) is 0.547. The Bertz CT molecular complexity index is 195. The minimum Gasteiger partial charge on any atom is -0.379 e. The normalized spacial score (nSPS) is 29.8. The number of Topliss-reactive ketones (excluding diaryl/α,β-unsaturated/α-hetero) is 1. The third-order valence-electron chi connectivity index (χ3n) is 1.81. The molecule has 11 heavy (non-hydrogen) atoms. The number of terminal acetylenes is 1. The van der Waals surface area contributed by atoms with Crippen molar-refractivity contribution in [2.24, 2.45) is 11.7 Å². The lowest BCUT2D eigenvalue weighted by atomic mass is 9.97. The summed E-state index contributed by atoms with van der Waals surface area (Å²) in [5, 5.41) is 0. The maximum absolute atomic E-state index is 11.2. The number of carbonyl (C=O) groups is 1. The number of ketones is 1. The standard InChI is InChI=1S/C8H11NO2/c1-2-3-8(10)6-4-11-5-7(6)9/h1,6-7H,3-5,9H2. The third kappa shape index (κ3) is 1.79. The van der Waals surface area contributed by atoms with Crippen molar-refractivity contribution in [3.8, 4) is 12.3 Å². The molecule has 1 aliphatic rings. The summed E-state index contributed by atoms with van der Waals surface area (Å²) in [5.74, 6) is 2.15. The van der Waals surface area contributed by atoms with Crippen LogP contribution in [0.25, 0.3) is 0 Å². The van der Waals surface area contributed by atoms with E-state index in [1.165, 1.54) is 0 Å². The summed E-state index contributed by atoms with van der Waals surface area (Å²) in [6.07, 6.45) is 5.16. The van der Waals surface area contributed by atoms with Crippen LogP contribution in [0.3, 0.4) is 0 Å². The molecule has 2 N–H and O–H groups in total. The Hall–Kier alpha value is -0.850. The molecule has 1 aliphatic heterocycles. The monoisotopic (exact) mass is 153 g/mol. The minimum atomic E-state index is -0.175. The lowest BCUT2D eigenvalue weighted by Gasteiger charge is -2.08. The zero-order valence-corrected chi connectivity index (χ0v) is 6.25. The molecule has 60 valence electrons. The van der Waals surface area contributed by atoms with Crippen molar-refractivity contribution in [2.75, 3.05) is 13.2 Å². The molecule has 0 radical (unpaired) electrons. The van der Waals surface area contributed by atoms with Crippen LogP contribution >= 0.6 is 0 Å². The molecule has 3 nitrogen and oxygen atoms in total. The maximum Gasteiger partial charge on any atom is 0.151 e. The van der Waals surface area contributed by atoms with Gasteiger partial charge in [-0.3, -0.25) is 4.79 Å². The summed E-state index contributed by atoms with van der Waals surface area (Å²) in [4.78, 5) is 11.2. The average Bonchev–Trinajstić information content (AvgIpc) is 2.36. The van der Waals surface area contributed by atoms with Gasteiger partial charge >= 0.3 is 0 Å². The van der Waals surface area contributed by atoms with E-state index in [2.05, 4.69) is 5.92 Å². The van der Waals surface area contributed by atoms with Gasteiger partial charge in [-0.1, -0.05) is 5.92 Å². The summed E-state index contributed by atoms with van der Waals surface area (Å²) in [7, 11) is 0. The molecule has 0 aromatic carbocycles. The molecule has 2 unspecified atom stereocenters. The first-order valence-electron chi connectivity index (χ1n) is 3.55. The van der Waals surface area contributed by atoms with E-state index < -0.39 is 0 Å². The number of rotatable bonds is 2. The van der Waals surface area contributed by atoms with Crippen molar-refractivity contribution in [2.45, 2.75) is 12.5 Å². The molecule has 0 aromatic rings. The topological polar surface area (TPSA) is 52.3 Å². The third-order valence-corrected chi connectivity index (χ3v) is 1.81. The van der Waals surface area contributed by atoms with Crippen LogP contribution in [0.4, 0.5) is 0 Å². The van der Waals surface area contributed by atoms with Gasteiger partial charge < -0.3 is 10.5 Å². The molecule has 0 amide bonds. The molecule has 1 rings (SSSR count). The number of hydrogen-bond donors (Lipinski definition) is 1. The highest BCUT2D eigenvalue weighted by atomic mass is 16.5. The molecule has 0 aliphatic carbocycles. The molecular formula is C8H11NO2. The summed E-state index contributed by atoms with van der Waals surface area (Å²) in [6, 6.07) is -0.157. The number of hydrogen-bond acceptors (Lipinski definition) is 3. The first-order chi connectivity index (χ1) is 5.25. The lowest BCUT2D eigenvalue weighted by molar-refractivity contribution is -0.122. The molecule has 1 heterocycles.